The molecule has 0 bridgehead atoms. The van der Waals surface area contributed by atoms with Crippen molar-refractivity contribution >= 4 is 9.84 Å². The van der Waals surface area contributed by atoms with E-state index in [1.54, 1.807) is 0 Å². The molecule has 170 valence electrons. The van der Waals surface area contributed by atoms with Gasteiger partial charge < -0.3 is 0 Å². The maximum absolute atomic E-state index is 12.9. The lowest BCUT2D eigenvalue weighted by atomic mass is 9.96. The van der Waals surface area contributed by atoms with Crippen LogP contribution in [0.1, 0.15) is 5.56 Å². The van der Waals surface area contributed by atoms with Gasteiger partial charge in [0.15, 0.2) is 9.84 Å². The Morgan fingerprint density at radius 2 is 1.41 bits per heavy atom. The van der Waals surface area contributed by atoms with Gasteiger partial charge in [-0.05, 0) is 35.4 Å². The molecule has 0 spiro atoms. The van der Waals surface area contributed by atoms with Crippen LogP contribution in [-0.4, -0.2) is 30.6 Å². The molecule has 3 rings (SSSR count). The van der Waals surface area contributed by atoms with Crippen LogP contribution in [0.5, 0.6) is 0 Å². The van der Waals surface area contributed by atoms with Gasteiger partial charge in [-0.15, -0.1) is 0 Å². The van der Waals surface area contributed by atoms with E-state index in [9.17, 15) is 39.6 Å². The fourth-order valence-electron chi connectivity index (χ4n) is 2.98. The van der Waals surface area contributed by atoms with Crippen LogP contribution in [-0.2, 0) is 22.6 Å². The molecule has 2 aromatic carbocycles. The maximum Gasteiger partial charge on any atom is 0.416 e. The molecule has 1 heterocycles. The number of halogens is 6. The highest BCUT2D eigenvalue weighted by Gasteiger charge is 2.32. The molecule has 0 radical (unpaired) electrons. The van der Waals surface area contributed by atoms with Crippen molar-refractivity contribution in [1.82, 2.24) is 9.78 Å². The lowest BCUT2D eigenvalue weighted by molar-refractivity contribution is -0.143. The van der Waals surface area contributed by atoms with E-state index in [-0.39, 0.29) is 31.8 Å². The van der Waals surface area contributed by atoms with E-state index in [0.29, 0.717) is 12.1 Å². The Labute approximate surface area is 177 Å². The zero-order chi connectivity index (χ0) is 23.9. The molecular formula is C20H14F6N2O3S. The first kappa shape index (κ1) is 23.5. The van der Waals surface area contributed by atoms with E-state index in [0.717, 1.165) is 24.6 Å². The fourth-order valence-corrected chi connectivity index (χ4v) is 3.61. The lowest BCUT2D eigenvalue weighted by Gasteiger charge is -2.15. The van der Waals surface area contributed by atoms with Crippen molar-refractivity contribution in [2.24, 2.45) is 0 Å². The minimum Gasteiger partial charge on any atom is -0.267 e. The highest BCUT2D eigenvalue weighted by Crippen LogP contribution is 2.33. The van der Waals surface area contributed by atoms with Crippen molar-refractivity contribution in [1.29, 1.82) is 0 Å². The molecule has 0 saturated heterocycles. The van der Waals surface area contributed by atoms with Gasteiger partial charge in [0, 0.05) is 11.8 Å². The number of aromatic nitrogens is 2. The fraction of sp³-hybridized carbons (Fsp3) is 0.200. The summed E-state index contributed by atoms with van der Waals surface area (Å²) in [6, 6.07) is 8.51. The highest BCUT2D eigenvalue weighted by atomic mass is 32.2. The van der Waals surface area contributed by atoms with Gasteiger partial charge in [-0.1, -0.05) is 24.3 Å². The average Bonchev–Trinajstić information content (AvgIpc) is 2.67. The Bertz CT molecular complexity index is 1290. The van der Waals surface area contributed by atoms with Gasteiger partial charge in [0.05, 0.1) is 22.2 Å². The second kappa shape index (κ2) is 8.08. The molecule has 0 N–H and O–H groups in total. The first-order chi connectivity index (χ1) is 14.7. The zero-order valence-electron chi connectivity index (χ0n) is 16.2. The second-order valence-corrected chi connectivity index (χ2v) is 8.90. The molecule has 0 saturated carbocycles. The zero-order valence-corrected chi connectivity index (χ0v) is 17.0. The molecule has 0 aliphatic rings. The molecule has 0 unspecified atom stereocenters. The molecular weight excluding hydrogens is 462 g/mol. The number of hydrogen-bond acceptors (Lipinski definition) is 4. The van der Waals surface area contributed by atoms with E-state index >= 15 is 0 Å². The van der Waals surface area contributed by atoms with Gasteiger partial charge in [-0.2, -0.15) is 31.4 Å². The summed E-state index contributed by atoms with van der Waals surface area (Å²) < 4.78 is 101. The normalized spacial score (nSPS) is 12.7. The van der Waals surface area contributed by atoms with Gasteiger partial charge in [-0.25, -0.2) is 13.1 Å². The summed E-state index contributed by atoms with van der Waals surface area (Å²) >= 11 is 0. The first-order valence-corrected chi connectivity index (χ1v) is 10.7. The monoisotopic (exact) mass is 476 g/mol. The Morgan fingerprint density at radius 3 is 1.88 bits per heavy atom. The summed E-state index contributed by atoms with van der Waals surface area (Å²) in [4.78, 5) is 12.8. The highest BCUT2D eigenvalue weighted by molar-refractivity contribution is 7.90. The van der Waals surface area contributed by atoms with E-state index in [1.165, 1.54) is 24.3 Å². The maximum atomic E-state index is 12.9. The number of alkyl halides is 6. The van der Waals surface area contributed by atoms with Crippen LogP contribution in [0.2, 0.25) is 0 Å². The Balaban J connectivity index is 2.22. The number of sulfone groups is 1. The molecule has 12 heteroatoms. The van der Waals surface area contributed by atoms with E-state index in [1.807, 2.05) is 0 Å². The van der Waals surface area contributed by atoms with Crippen molar-refractivity contribution in [2.45, 2.75) is 23.8 Å². The summed E-state index contributed by atoms with van der Waals surface area (Å²) in [5.74, 6) is 0. The third-order valence-electron chi connectivity index (χ3n) is 4.47. The summed E-state index contributed by atoms with van der Waals surface area (Å²) in [6.07, 6.45) is -7.43. The molecule has 0 fully saturated rings. The largest absolute Gasteiger partial charge is 0.416 e. The quantitative estimate of drug-likeness (QED) is 0.518. The summed E-state index contributed by atoms with van der Waals surface area (Å²) in [5.41, 5.74) is -2.23. The topological polar surface area (TPSA) is 69.0 Å². The Kier molecular flexibility index (Phi) is 5.94. The number of hydrogen-bond donors (Lipinski definition) is 0. The Hall–Kier alpha value is -3.15. The SMILES string of the molecule is CS(=O)(=O)c1ccc(-c2cnn(CC(F)(F)F)c(=O)c2-c2ccc(C(F)(F)F)cc2)cc1. The molecule has 32 heavy (non-hydrogen) atoms. The van der Waals surface area contributed by atoms with Gasteiger partial charge in [0.2, 0.25) is 0 Å². The summed E-state index contributed by atoms with van der Waals surface area (Å²) in [6.45, 7) is -1.69. The minimum atomic E-state index is -4.76. The Morgan fingerprint density at radius 1 is 0.875 bits per heavy atom. The van der Waals surface area contributed by atoms with Crippen LogP contribution in [0.15, 0.2) is 64.4 Å². The third-order valence-corrected chi connectivity index (χ3v) is 5.60. The minimum absolute atomic E-state index is 0.0318. The van der Waals surface area contributed by atoms with Crippen LogP contribution in [0.25, 0.3) is 22.3 Å². The van der Waals surface area contributed by atoms with Crippen molar-refractivity contribution in [2.75, 3.05) is 6.26 Å². The van der Waals surface area contributed by atoms with Gasteiger partial charge in [-0.3, -0.25) is 4.79 Å². The van der Waals surface area contributed by atoms with Crippen LogP contribution >= 0.6 is 0 Å². The average molecular weight is 476 g/mol. The predicted molar refractivity (Wildman–Crippen MR) is 104 cm³/mol. The van der Waals surface area contributed by atoms with Crippen molar-refractivity contribution in [3.63, 3.8) is 0 Å². The van der Waals surface area contributed by atoms with E-state index in [2.05, 4.69) is 5.10 Å². The van der Waals surface area contributed by atoms with Crippen LogP contribution < -0.4 is 5.56 Å². The van der Waals surface area contributed by atoms with Crippen molar-refractivity contribution in [3.05, 3.63) is 70.6 Å². The standard InChI is InChI=1S/C20H14F6N2O3S/c1-32(30,31)15-8-4-12(5-9-15)16-10-27-28(11-19(21,22)23)18(29)17(16)13-2-6-14(7-3-13)20(24,25)26/h2-10H,11H2,1H3. The second-order valence-electron chi connectivity index (χ2n) is 6.88. The predicted octanol–water partition coefficient (Wildman–Crippen LogP) is 4.56. The van der Waals surface area contributed by atoms with Gasteiger partial charge in [0.25, 0.3) is 5.56 Å². The lowest BCUT2D eigenvalue weighted by Crippen LogP contribution is -2.31. The van der Waals surface area contributed by atoms with Crippen LogP contribution in [0, 0.1) is 0 Å². The van der Waals surface area contributed by atoms with Crippen LogP contribution in [0.4, 0.5) is 26.3 Å². The number of benzene rings is 2. The van der Waals surface area contributed by atoms with Gasteiger partial charge >= 0.3 is 12.4 Å². The summed E-state index contributed by atoms with van der Waals surface area (Å²) in [7, 11) is -3.53. The molecule has 0 amide bonds. The summed E-state index contributed by atoms with van der Waals surface area (Å²) in [5, 5.41) is 3.54. The van der Waals surface area contributed by atoms with Crippen molar-refractivity contribution < 1.29 is 34.8 Å². The molecule has 1 aromatic heterocycles. The number of nitrogens with zero attached hydrogens (tertiary/aromatic N) is 2. The molecule has 3 aromatic rings. The third kappa shape index (κ3) is 5.18. The van der Waals surface area contributed by atoms with Crippen LogP contribution in [0.3, 0.4) is 0 Å². The van der Waals surface area contributed by atoms with E-state index < -0.39 is 39.9 Å². The number of rotatable bonds is 4. The molecule has 0 aliphatic carbocycles. The van der Waals surface area contributed by atoms with E-state index in [4.69, 9.17) is 0 Å². The smallest absolute Gasteiger partial charge is 0.267 e. The van der Waals surface area contributed by atoms with Gasteiger partial charge in [0.1, 0.15) is 6.54 Å². The molecule has 0 aliphatic heterocycles. The molecule has 0 atom stereocenters. The van der Waals surface area contributed by atoms with Crippen molar-refractivity contribution in [3.8, 4) is 22.3 Å². The first-order valence-electron chi connectivity index (χ1n) is 8.82. The molecule has 5 nitrogen and oxygen atoms in total.